The lowest BCUT2D eigenvalue weighted by molar-refractivity contribution is 0.0392. The van der Waals surface area contributed by atoms with Crippen LogP contribution in [0.1, 0.15) is 484 Å². The summed E-state index contributed by atoms with van der Waals surface area (Å²) in [5, 5.41) is 20.5. The molecular weight excluding hydrogens is 1640 g/mol. The van der Waals surface area contributed by atoms with E-state index in [1.54, 1.807) is 0 Å². The molecule has 0 saturated carbocycles. The molecule has 133 heavy (non-hydrogen) atoms. The molecule has 0 amide bonds. The van der Waals surface area contributed by atoms with E-state index in [2.05, 4.69) is 306 Å². The molecule has 0 bridgehead atoms. The van der Waals surface area contributed by atoms with Gasteiger partial charge in [0.25, 0.3) is 0 Å². The minimum absolute atomic E-state index is 0.00904. The molecule has 3 aromatic rings. The van der Waals surface area contributed by atoms with E-state index < -0.39 is 5.41 Å². The van der Waals surface area contributed by atoms with E-state index in [1.165, 1.54) is 0 Å². The van der Waals surface area contributed by atoms with Gasteiger partial charge in [0.05, 0.1) is 6.04 Å². The van der Waals surface area contributed by atoms with Gasteiger partial charge >= 0.3 is 0 Å². The van der Waals surface area contributed by atoms with E-state index in [0.717, 1.165) is 376 Å². The van der Waals surface area contributed by atoms with Crippen molar-refractivity contribution in [3.05, 3.63) is 11.6 Å². The van der Waals surface area contributed by atoms with E-state index in [-0.39, 0.29) is 79.6 Å². The Hall–Kier alpha value is -4.65. The summed E-state index contributed by atoms with van der Waals surface area (Å²) in [5.74, 6) is 7.87. The third-order valence-electron chi connectivity index (χ3n) is 28.9. The second-order valence-corrected chi connectivity index (χ2v) is 49.9. The zero-order valence-corrected chi connectivity index (χ0v) is 93.4. The summed E-state index contributed by atoms with van der Waals surface area (Å²) in [7, 11) is 0. The topological polar surface area (TPSA) is 205 Å². The molecule has 2 atom stereocenters. The van der Waals surface area contributed by atoms with Crippen molar-refractivity contribution in [2.24, 2.45) is 0 Å². The van der Waals surface area contributed by atoms with Gasteiger partial charge in [-0.05, 0) is 313 Å². The molecule has 2 unspecified atom stereocenters. The molecule has 23 nitrogen and oxygen atoms in total. The molecular formula is C110H213N23. The van der Waals surface area contributed by atoms with Crippen LogP contribution < -0.4 is 60.9 Å². The lowest BCUT2D eigenvalue weighted by atomic mass is 9.78. The van der Waals surface area contributed by atoms with E-state index in [1.807, 2.05) is 0 Å². The Morgan fingerprint density at radius 3 is 0.917 bits per heavy atom. The zero-order chi connectivity index (χ0) is 98.6. The summed E-state index contributed by atoms with van der Waals surface area (Å²) in [5.41, 5.74) is -1.21. The van der Waals surface area contributed by atoms with Crippen molar-refractivity contribution in [3.63, 3.8) is 0 Å². The summed E-state index contributed by atoms with van der Waals surface area (Å²) in [4.78, 5) is 75.6. The number of nitrogens with zero attached hydrogens (tertiary/aromatic N) is 18. The minimum atomic E-state index is -0.467. The number of anilines is 7. The fourth-order valence-corrected chi connectivity index (χ4v) is 24.0. The SMILES string of the molecule is CCCCN(CCCC)c1nc(C(C)N(CCCCCCN(c2nc(N(CCCC)C3CC(C)(C)NC(C)(C)C3)nc(C(C)(C)CN(CCCCCCN(c3nc(N(CCCC)CCCC)nc(N(CCCC)CCCC)n3)C(CC)CC(C)(C)NC(C)(C)C)C3CC(C)(C)NC(C)(C)C3)n2)C2CC(C)(C)NC(C)(C)C2)C2CC(C)(C)NC(C)(C)C2)nc(N(CCCC)CCCC)n1. The minimum Gasteiger partial charge on any atom is -0.341 e. The molecule has 0 spiro atoms. The Kier molecular flexibility index (Phi) is 45.3. The average molecular weight is 1860 g/mol. The molecule has 4 saturated heterocycles. The Bertz CT molecular complexity index is 3610. The molecule has 4 aliphatic rings. The van der Waals surface area contributed by atoms with Gasteiger partial charge in [0, 0.05) is 170 Å². The predicted octanol–water partition coefficient (Wildman–Crippen LogP) is 24.1. The van der Waals surface area contributed by atoms with Gasteiger partial charge in [0.1, 0.15) is 5.82 Å². The first-order valence-electron chi connectivity index (χ1n) is 55.4. The van der Waals surface area contributed by atoms with Crippen LogP contribution in [0.3, 0.4) is 0 Å². The van der Waals surface area contributed by atoms with Crippen molar-refractivity contribution in [2.45, 2.75) is 564 Å². The molecule has 5 N–H and O–H groups in total. The highest BCUT2D eigenvalue weighted by Crippen LogP contribution is 2.42. The van der Waals surface area contributed by atoms with Crippen molar-refractivity contribution < 1.29 is 0 Å². The van der Waals surface area contributed by atoms with E-state index in [9.17, 15) is 0 Å². The molecule has 4 aliphatic heterocycles. The normalized spacial score (nSPS) is 19.2. The Labute approximate surface area is 819 Å². The zero-order valence-electron chi connectivity index (χ0n) is 93.4. The molecule has 23 heteroatoms. The molecule has 0 aliphatic carbocycles. The van der Waals surface area contributed by atoms with Crippen LogP contribution in [0.15, 0.2) is 0 Å². The monoisotopic (exact) mass is 1860 g/mol. The molecule has 0 radical (unpaired) electrons. The van der Waals surface area contributed by atoms with Crippen LogP contribution in [0.25, 0.3) is 0 Å². The second-order valence-electron chi connectivity index (χ2n) is 49.9. The van der Waals surface area contributed by atoms with Gasteiger partial charge in [-0.1, -0.05) is 167 Å². The average Bonchev–Trinajstić information content (AvgIpc) is 0.757. The number of piperidine rings is 4. The van der Waals surface area contributed by atoms with Gasteiger partial charge in [0.2, 0.25) is 41.6 Å². The summed E-state index contributed by atoms with van der Waals surface area (Å²) in [6.45, 7) is 94.3. The lowest BCUT2D eigenvalue weighted by Crippen LogP contribution is -2.63. The van der Waals surface area contributed by atoms with Gasteiger partial charge in [-0.25, -0.2) is 0 Å². The van der Waals surface area contributed by atoms with Crippen LogP contribution in [0.2, 0.25) is 0 Å². The van der Waals surface area contributed by atoms with Gasteiger partial charge in [-0.15, -0.1) is 0 Å². The Morgan fingerprint density at radius 2 is 0.586 bits per heavy atom. The van der Waals surface area contributed by atoms with Gasteiger partial charge in [0.15, 0.2) is 5.82 Å². The van der Waals surface area contributed by atoms with E-state index >= 15 is 0 Å². The number of rotatable bonds is 62. The number of hydrogen-bond acceptors (Lipinski definition) is 23. The maximum atomic E-state index is 6.10. The summed E-state index contributed by atoms with van der Waals surface area (Å²) in [6.07, 6.45) is 39.0. The predicted molar refractivity (Wildman–Crippen MR) is 574 cm³/mol. The number of unbranched alkanes of at least 4 members (excludes halogenated alkanes) is 15. The number of nitrogens with one attached hydrogen (secondary N) is 5. The quantitative estimate of drug-likeness (QED) is 0.0333. The van der Waals surface area contributed by atoms with Crippen LogP contribution in [0.4, 0.5) is 41.6 Å². The van der Waals surface area contributed by atoms with Crippen molar-refractivity contribution >= 4 is 41.6 Å². The van der Waals surface area contributed by atoms with Crippen LogP contribution in [0, 0.1) is 0 Å². The molecule has 4 fully saturated rings. The van der Waals surface area contributed by atoms with Gasteiger partial charge in [-0.2, -0.15) is 44.9 Å². The van der Waals surface area contributed by atoms with Crippen molar-refractivity contribution in [2.75, 3.05) is 126 Å². The summed E-state index contributed by atoms with van der Waals surface area (Å²) in [6, 6.07) is 1.33. The van der Waals surface area contributed by atoms with Crippen molar-refractivity contribution in [1.29, 1.82) is 0 Å². The maximum Gasteiger partial charge on any atom is 0.232 e. The smallest absolute Gasteiger partial charge is 0.232 e. The Balaban J connectivity index is 1.30. The third-order valence-corrected chi connectivity index (χ3v) is 28.9. The first kappa shape index (κ1) is 115. The highest BCUT2D eigenvalue weighted by molar-refractivity contribution is 5.49. The van der Waals surface area contributed by atoms with Crippen LogP contribution in [0.5, 0.6) is 0 Å². The standard InChI is InChI=1S/C110H213N23/c1-35-45-62-125(63-46-36-2)93-111-91(112-94(115-93)126(64-47-37-3)65-48-38-4)85(11)130(88-78-105(23,24)122-106(25,26)79-88)72-59-56-57-61-74-133(90-82-109(31,32)124-110(33,34)83-90)98-114-92(113-97(119-98)132(71-53-43-9)89-80-107(27,28)123-108(29,30)81-89)101(15,16)84-129(87-76-103(19,20)121-104(21,22)77-87)70-58-54-55-60-73-131(86(44-10)75-102(17,18)120-100(12,13)14)99-117-95(127(66-49-39-5)67-50-40-6)116-96(118-99)128(68-51-41-7)69-52-42-8/h85-90,120-124H,35-84H2,1-34H3. The van der Waals surface area contributed by atoms with Crippen molar-refractivity contribution in [3.8, 4) is 0 Å². The maximum absolute atomic E-state index is 6.10. The fraction of sp³-hybridized carbons (Fsp3) is 0.918. The number of aromatic nitrogens is 9. The highest BCUT2D eigenvalue weighted by Gasteiger charge is 2.48. The molecule has 768 valence electrons. The summed E-state index contributed by atoms with van der Waals surface area (Å²) >= 11 is 0. The lowest BCUT2D eigenvalue weighted by Gasteiger charge is -2.51. The largest absolute Gasteiger partial charge is 0.341 e. The molecule has 7 rings (SSSR count). The first-order valence-corrected chi connectivity index (χ1v) is 55.4. The Morgan fingerprint density at radius 1 is 0.308 bits per heavy atom. The second kappa shape index (κ2) is 52.2. The third kappa shape index (κ3) is 38.0. The van der Waals surface area contributed by atoms with Crippen LogP contribution in [-0.4, -0.2) is 232 Å². The van der Waals surface area contributed by atoms with Gasteiger partial charge < -0.3 is 60.9 Å². The van der Waals surface area contributed by atoms with Gasteiger partial charge in [-0.3, -0.25) is 9.80 Å². The van der Waals surface area contributed by atoms with Crippen LogP contribution in [-0.2, 0) is 5.41 Å². The van der Waals surface area contributed by atoms with Crippen LogP contribution >= 0.6 is 0 Å². The van der Waals surface area contributed by atoms with E-state index in [0.29, 0.717) is 12.1 Å². The summed E-state index contributed by atoms with van der Waals surface area (Å²) < 4.78 is 0. The molecule has 3 aromatic heterocycles. The molecule has 0 aromatic carbocycles. The molecule has 7 heterocycles. The first-order chi connectivity index (χ1) is 62.3. The number of hydrogen-bond donors (Lipinski definition) is 5. The highest BCUT2D eigenvalue weighted by atomic mass is 15.4. The van der Waals surface area contributed by atoms with Crippen molar-refractivity contribution in [1.82, 2.24) is 81.2 Å². The van der Waals surface area contributed by atoms with E-state index in [4.69, 9.17) is 44.9 Å². The fourth-order valence-electron chi connectivity index (χ4n) is 24.0.